The van der Waals surface area contributed by atoms with Crippen LogP contribution in [-0.4, -0.2) is 30.4 Å². The van der Waals surface area contributed by atoms with Crippen LogP contribution in [-0.2, 0) is 14.3 Å². The summed E-state index contributed by atoms with van der Waals surface area (Å²) in [6.07, 6.45) is 0.386. The highest BCUT2D eigenvalue weighted by Gasteiger charge is 2.24. The maximum Gasteiger partial charge on any atom is 0.329 e. The van der Waals surface area contributed by atoms with Gasteiger partial charge in [0.1, 0.15) is 6.04 Å². The second kappa shape index (κ2) is 10.8. The van der Waals surface area contributed by atoms with Crippen LogP contribution in [0.15, 0.2) is 42.5 Å². The Bertz CT molecular complexity index is 910. The fraction of sp³-hybridized carbons (Fsp3) is 0.348. The van der Waals surface area contributed by atoms with Crippen LogP contribution in [0, 0.1) is 19.8 Å². The van der Waals surface area contributed by atoms with Gasteiger partial charge < -0.3 is 15.4 Å². The first-order valence-electron chi connectivity index (χ1n) is 9.76. The second-order valence-corrected chi connectivity index (χ2v) is 8.07. The van der Waals surface area contributed by atoms with E-state index in [1.54, 1.807) is 24.3 Å². The Kier molecular flexibility index (Phi) is 8.42. The predicted molar refractivity (Wildman–Crippen MR) is 118 cm³/mol. The molecule has 0 radical (unpaired) electrons. The van der Waals surface area contributed by atoms with Crippen molar-refractivity contribution >= 4 is 35.1 Å². The molecular weight excluding hydrogens is 404 g/mol. The van der Waals surface area contributed by atoms with E-state index in [-0.39, 0.29) is 5.92 Å². The highest BCUT2D eigenvalue weighted by atomic mass is 35.5. The molecule has 0 saturated heterocycles. The third-order valence-corrected chi connectivity index (χ3v) is 4.67. The highest BCUT2D eigenvalue weighted by Crippen LogP contribution is 2.16. The Hall–Kier alpha value is -2.86. The van der Waals surface area contributed by atoms with Crippen LogP contribution in [0.1, 0.15) is 41.8 Å². The number of amides is 2. The van der Waals surface area contributed by atoms with Gasteiger partial charge in [0.05, 0.1) is 0 Å². The van der Waals surface area contributed by atoms with E-state index in [0.717, 1.165) is 11.1 Å². The van der Waals surface area contributed by atoms with E-state index in [2.05, 4.69) is 10.6 Å². The normalized spacial score (nSPS) is 11.7. The van der Waals surface area contributed by atoms with Gasteiger partial charge in [-0.2, -0.15) is 0 Å². The van der Waals surface area contributed by atoms with Crippen LogP contribution in [0.5, 0.6) is 0 Å². The van der Waals surface area contributed by atoms with Gasteiger partial charge in [0.2, 0.25) is 0 Å². The minimum absolute atomic E-state index is 0.136. The van der Waals surface area contributed by atoms with E-state index in [0.29, 0.717) is 22.7 Å². The molecule has 2 N–H and O–H groups in total. The molecule has 2 rings (SSSR count). The number of hydrogen-bond donors (Lipinski definition) is 2. The summed E-state index contributed by atoms with van der Waals surface area (Å²) in [5.74, 6) is -1.36. The van der Waals surface area contributed by atoms with Crippen LogP contribution < -0.4 is 10.6 Å². The summed E-state index contributed by atoms with van der Waals surface area (Å²) in [5.41, 5.74) is 2.97. The van der Waals surface area contributed by atoms with Crippen molar-refractivity contribution in [1.82, 2.24) is 5.32 Å². The van der Waals surface area contributed by atoms with E-state index in [1.807, 2.05) is 45.9 Å². The van der Waals surface area contributed by atoms with Gasteiger partial charge >= 0.3 is 5.97 Å². The number of ether oxygens (including phenoxy) is 1. The first-order chi connectivity index (χ1) is 14.2. The van der Waals surface area contributed by atoms with Crippen LogP contribution in [0.3, 0.4) is 0 Å². The van der Waals surface area contributed by atoms with Crippen molar-refractivity contribution in [1.29, 1.82) is 0 Å². The molecule has 1 atom stereocenters. The van der Waals surface area contributed by atoms with E-state index < -0.39 is 30.4 Å². The quantitative estimate of drug-likeness (QED) is 0.612. The minimum atomic E-state index is -0.860. The highest BCUT2D eigenvalue weighted by molar-refractivity contribution is 6.30. The minimum Gasteiger partial charge on any atom is -0.454 e. The molecule has 30 heavy (non-hydrogen) atoms. The zero-order valence-corrected chi connectivity index (χ0v) is 18.4. The number of benzene rings is 2. The number of rotatable bonds is 8. The molecule has 0 aliphatic carbocycles. The van der Waals surface area contributed by atoms with Crippen molar-refractivity contribution < 1.29 is 19.1 Å². The third-order valence-electron chi connectivity index (χ3n) is 4.42. The molecule has 0 fully saturated rings. The monoisotopic (exact) mass is 430 g/mol. The van der Waals surface area contributed by atoms with Gasteiger partial charge in [0.25, 0.3) is 11.8 Å². The molecule has 2 amide bonds. The van der Waals surface area contributed by atoms with Crippen LogP contribution in [0.25, 0.3) is 0 Å². The summed E-state index contributed by atoms with van der Waals surface area (Å²) in [5, 5.41) is 5.94. The number of carbonyl (C=O) groups is 3. The van der Waals surface area contributed by atoms with E-state index in [4.69, 9.17) is 16.3 Å². The summed E-state index contributed by atoms with van der Waals surface area (Å²) < 4.78 is 5.18. The summed E-state index contributed by atoms with van der Waals surface area (Å²) in [6, 6.07) is 11.2. The molecule has 1 unspecified atom stereocenters. The Morgan fingerprint density at radius 2 is 1.70 bits per heavy atom. The number of esters is 1. The zero-order chi connectivity index (χ0) is 22.3. The number of halogens is 1. The zero-order valence-electron chi connectivity index (χ0n) is 17.6. The molecule has 0 saturated carbocycles. The fourth-order valence-electron chi connectivity index (χ4n) is 2.82. The molecule has 6 nitrogen and oxygen atoms in total. The average Bonchev–Trinajstić information content (AvgIpc) is 2.68. The number of anilines is 1. The third kappa shape index (κ3) is 7.19. The predicted octanol–water partition coefficient (Wildman–Crippen LogP) is 4.28. The molecule has 0 aliphatic heterocycles. The summed E-state index contributed by atoms with van der Waals surface area (Å²) in [6.45, 7) is 7.24. The van der Waals surface area contributed by atoms with Crippen molar-refractivity contribution in [3.63, 3.8) is 0 Å². The molecule has 2 aromatic carbocycles. The van der Waals surface area contributed by atoms with Crippen LogP contribution in [0.4, 0.5) is 5.69 Å². The van der Waals surface area contributed by atoms with Gasteiger partial charge in [-0.3, -0.25) is 9.59 Å². The summed E-state index contributed by atoms with van der Waals surface area (Å²) in [7, 11) is 0. The molecule has 0 bridgehead atoms. The SMILES string of the molecule is Cc1ccc(C)c(NC(=O)COC(=O)C(CC(C)C)NC(=O)c2ccc(Cl)cc2)c1. The average molecular weight is 431 g/mol. The standard InChI is InChI=1S/C23H27ClN2O4/c1-14(2)11-20(26-22(28)17-7-9-18(24)10-8-17)23(29)30-13-21(27)25-19-12-15(3)5-6-16(19)4/h5-10,12,14,20H,11,13H2,1-4H3,(H,25,27)(H,26,28). The number of hydrogen-bond acceptors (Lipinski definition) is 4. The molecule has 0 aromatic heterocycles. The molecule has 0 spiro atoms. The van der Waals surface area contributed by atoms with Gasteiger partial charge in [-0.15, -0.1) is 0 Å². The number of aryl methyl sites for hydroxylation is 2. The molecule has 2 aromatic rings. The van der Waals surface area contributed by atoms with E-state index in [9.17, 15) is 14.4 Å². The molecule has 160 valence electrons. The smallest absolute Gasteiger partial charge is 0.329 e. The lowest BCUT2D eigenvalue weighted by molar-refractivity contribution is -0.149. The van der Waals surface area contributed by atoms with Crippen molar-refractivity contribution in [2.45, 2.75) is 40.2 Å². The first kappa shape index (κ1) is 23.4. The molecular formula is C23H27ClN2O4. The van der Waals surface area contributed by atoms with E-state index in [1.165, 1.54) is 0 Å². The lowest BCUT2D eigenvalue weighted by Gasteiger charge is -2.19. The number of carbonyl (C=O) groups excluding carboxylic acids is 3. The second-order valence-electron chi connectivity index (χ2n) is 7.64. The summed E-state index contributed by atoms with van der Waals surface area (Å²) >= 11 is 5.84. The molecule has 0 aliphatic rings. The number of nitrogens with one attached hydrogen (secondary N) is 2. The fourth-order valence-corrected chi connectivity index (χ4v) is 2.95. The van der Waals surface area contributed by atoms with Gasteiger partial charge in [0, 0.05) is 16.3 Å². The van der Waals surface area contributed by atoms with E-state index >= 15 is 0 Å². The summed E-state index contributed by atoms with van der Waals surface area (Å²) in [4.78, 5) is 37.2. The Labute approximate surface area is 182 Å². The van der Waals surface area contributed by atoms with Gasteiger partial charge in [0.15, 0.2) is 6.61 Å². The van der Waals surface area contributed by atoms with Crippen molar-refractivity contribution in [2.24, 2.45) is 5.92 Å². The topological polar surface area (TPSA) is 84.5 Å². The Balaban J connectivity index is 1.97. The van der Waals surface area contributed by atoms with Crippen molar-refractivity contribution in [3.05, 3.63) is 64.2 Å². The lowest BCUT2D eigenvalue weighted by atomic mass is 10.0. The Morgan fingerprint density at radius 3 is 2.33 bits per heavy atom. The van der Waals surface area contributed by atoms with Crippen molar-refractivity contribution in [3.8, 4) is 0 Å². The van der Waals surface area contributed by atoms with Crippen LogP contribution in [0.2, 0.25) is 5.02 Å². The maximum atomic E-state index is 12.5. The Morgan fingerprint density at radius 1 is 1.03 bits per heavy atom. The van der Waals surface area contributed by atoms with Crippen LogP contribution >= 0.6 is 11.6 Å². The van der Waals surface area contributed by atoms with Crippen molar-refractivity contribution in [2.75, 3.05) is 11.9 Å². The maximum absolute atomic E-state index is 12.5. The van der Waals surface area contributed by atoms with Gasteiger partial charge in [-0.25, -0.2) is 4.79 Å². The largest absolute Gasteiger partial charge is 0.454 e. The first-order valence-corrected chi connectivity index (χ1v) is 10.1. The van der Waals surface area contributed by atoms with Gasteiger partial charge in [-0.1, -0.05) is 37.6 Å². The van der Waals surface area contributed by atoms with Gasteiger partial charge in [-0.05, 0) is 67.6 Å². The lowest BCUT2D eigenvalue weighted by Crippen LogP contribution is -2.43. The molecule has 0 heterocycles. The molecule has 7 heteroatoms.